The van der Waals surface area contributed by atoms with E-state index in [1.54, 1.807) is 41.3 Å². The first-order chi connectivity index (χ1) is 23.9. The summed E-state index contributed by atoms with van der Waals surface area (Å²) in [6.07, 6.45) is 1.29. The van der Waals surface area contributed by atoms with Crippen molar-refractivity contribution in [1.29, 1.82) is 5.26 Å². The fourth-order valence-electron chi connectivity index (χ4n) is 7.33. The van der Waals surface area contributed by atoms with Gasteiger partial charge in [-0.05, 0) is 82.1 Å². The molecular formula is C36H42ClN4O8P. The fraction of sp³-hybridized carbons (Fsp3) is 0.556. The first kappa shape index (κ1) is 36.3. The second-order valence-electron chi connectivity index (χ2n) is 13.9. The van der Waals surface area contributed by atoms with E-state index in [0.717, 1.165) is 18.4 Å². The van der Waals surface area contributed by atoms with Gasteiger partial charge in [-0.15, -0.1) is 0 Å². The smallest absolute Gasteiger partial charge is 0.277 e. The molecule has 2 aromatic carbocycles. The average Bonchev–Trinajstić information content (AvgIpc) is 3.71. The molecule has 2 aromatic rings. The summed E-state index contributed by atoms with van der Waals surface area (Å²) in [6, 6.07) is 11.8. The third-order valence-electron chi connectivity index (χ3n) is 9.62. The van der Waals surface area contributed by atoms with Gasteiger partial charge in [0.15, 0.2) is 5.69 Å². The van der Waals surface area contributed by atoms with E-state index in [9.17, 15) is 14.9 Å². The van der Waals surface area contributed by atoms with E-state index in [2.05, 4.69) is 10.9 Å². The third kappa shape index (κ3) is 7.43. The number of rotatable bonds is 12. The maximum atomic E-state index is 12.9. The molecule has 6 rings (SSSR count). The highest BCUT2D eigenvalue weighted by Gasteiger charge is 2.51. The molecule has 5 atom stereocenters. The van der Waals surface area contributed by atoms with Crippen molar-refractivity contribution in [2.24, 2.45) is 0 Å². The number of ether oxygens (including phenoxy) is 4. The molecule has 1 unspecified atom stereocenters. The summed E-state index contributed by atoms with van der Waals surface area (Å²) in [5, 5.41) is 9.55. The summed E-state index contributed by atoms with van der Waals surface area (Å²) in [5.41, 5.74) is 0.830. The predicted octanol–water partition coefficient (Wildman–Crippen LogP) is 6.75. The molecule has 50 heavy (non-hydrogen) atoms. The first-order valence-corrected chi connectivity index (χ1v) is 19.0. The van der Waals surface area contributed by atoms with Crippen molar-refractivity contribution in [2.75, 3.05) is 39.5 Å². The standard InChI is InChI=1S/C36H42ClN4O8P/c1-35(2)33(31(40-14-6-8-29(40)42)26-21-24(39-5)11-13-28(26)47-35)45-18-16-44-17-19-46-50(37)49-34-32(41-15-7-9-30(41)43)25-20-23(22-38)10-12-27(25)48-36(34,3)4/h10-13,20-21,31-34H,6-9,14-19H2,1-4H3/t31-,32-,33+,34+,50?/m1/s1. The highest BCUT2D eigenvalue weighted by Crippen LogP contribution is 2.54. The molecule has 4 heterocycles. The Balaban J connectivity index is 1.04. The van der Waals surface area contributed by atoms with Crippen molar-refractivity contribution in [3.63, 3.8) is 0 Å². The molecular weight excluding hydrogens is 683 g/mol. The summed E-state index contributed by atoms with van der Waals surface area (Å²) in [4.78, 5) is 33.1. The number of carbonyl (C=O) groups is 2. The van der Waals surface area contributed by atoms with Crippen LogP contribution in [0.5, 0.6) is 11.5 Å². The van der Waals surface area contributed by atoms with Crippen LogP contribution in [-0.2, 0) is 28.1 Å². The molecule has 0 radical (unpaired) electrons. The van der Waals surface area contributed by atoms with E-state index in [1.165, 1.54) is 0 Å². The highest BCUT2D eigenvalue weighted by molar-refractivity contribution is 7.76. The number of hydrogen-bond acceptors (Lipinski definition) is 9. The number of nitrogens with zero attached hydrogens (tertiary/aromatic N) is 4. The molecule has 266 valence electrons. The van der Waals surface area contributed by atoms with Crippen LogP contribution >= 0.6 is 19.0 Å². The average molecular weight is 725 g/mol. The SMILES string of the molecule is [C-]#[N+]c1ccc2c(c1)[C@@H](N1CCCC1=O)[C@H](OCCOCCOP(Cl)O[C@H]1[C@H](N3CCCC3=O)c3cc(C#N)ccc3OC1(C)C)C(C)(C)O2. The van der Waals surface area contributed by atoms with Crippen molar-refractivity contribution in [2.45, 2.75) is 88.9 Å². The monoisotopic (exact) mass is 724 g/mol. The van der Waals surface area contributed by atoms with Crippen LogP contribution < -0.4 is 9.47 Å². The second kappa shape index (κ2) is 15.0. The minimum absolute atomic E-state index is 0.0175. The largest absolute Gasteiger partial charge is 0.485 e. The molecule has 0 aliphatic carbocycles. The molecule has 12 nitrogen and oxygen atoms in total. The highest BCUT2D eigenvalue weighted by atomic mass is 35.7. The number of fused-ring (bicyclic) bond motifs is 2. The van der Waals surface area contributed by atoms with Crippen molar-refractivity contribution in [3.05, 3.63) is 64.5 Å². The minimum atomic E-state index is -1.91. The van der Waals surface area contributed by atoms with E-state index >= 15 is 0 Å². The summed E-state index contributed by atoms with van der Waals surface area (Å²) < 4.78 is 37.0. The van der Waals surface area contributed by atoms with E-state index in [-0.39, 0.29) is 38.2 Å². The van der Waals surface area contributed by atoms with Crippen LogP contribution in [0, 0.1) is 17.9 Å². The Bertz CT molecular complexity index is 1690. The molecule has 0 N–H and O–H groups in total. The number of likely N-dealkylation sites (tertiary alicyclic amines) is 2. The Labute approximate surface area is 299 Å². The second-order valence-corrected chi connectivity index (χ2v) is 15.6. The maximum absolute atomic E-state index is 12.9. The van der Waals surface area contributed by atoms with Gasteiger partial charge in [-0.25, -0.2) is 4.85 Å². The van der Waals surface area contributed by atoms with Crippen LogP contribution in [0.25, 0.3) is 4.85 Å². The van der Waals surface area contributed by atoms with Crippen LogP contribution in [0.3, 0.4) is 0 Å². The van der Waals surface area contributed by atoms with Crippen molar-refractivity contribution >= 4 is 36.5 Å². The van der Waals surface area contributed by atoms with Crippen LogP contribution in [0.15, 0.2) is 36.4 Å². The lowest BCUT2D eigenvalue weighted by molar-refractivity contribution is -0.151. The number of halogens is 1. The molecule has 0 spiro atoms. The van der Waals surface area contributed by atoms with Gasteiger partial charge in [0.25, 0.3) is 7.73 Å². The van der Waals surface area contributed by atoms with Crippen LogP contribution in [-0.4, -0.2) is 84.5 Å². The topological polar surface area (TPSA) is 124 Å². The normalized spacial score (nSPS) is 25.6. The number of carbonyl (C=O) groups excluding carboxylic acids is 2. The molecule has 2 amide bonds. The number of amides is 2. The molecule has 4 aliphatic heterocycles. The number of nitriles is 1. The zero-order valence-corrected chi connectivity index (χ0v) is 30.4. The predicted molar refractivity (Wildman–Crippen MR) is 185 cm³/mol. The first-order valence-electron chi connectivity index (χ1n) is 16.9. The van der Waals surface area contributed by atoms with Crippen molar-refractivity contribution in [3.8, 4) is 17.6 Å². The van der Waals surface area contributed by atoms with Gasteiger partial charge in [0.2, 0.25) is 11.8 Å². The van der Waals surface area contributed by atoms with E-state index < -0.39 is 43.2 Å². The number of hydrogen-bond donors (Lipinski definition) is 0. The zero-order chi connectivity index (χ0) is 35.6. The summed E-state index contributed by atoms with van der Waals surface area (Å²) in [7, 11) is -1.91. The van der Waals surface area contributed by atoms with Crippen LogP contribution in [0.1, 0.15) is 82.2 Å². The third-order valence-corrected chi connectivity index (χ3v) is 10.9. The lowest BCUT2D eigenvalue weighted by Crippen LogP contribution is -2.55. The van der Waals surface area contributed by atoms with Gasteiger partial charge in [-0.2, -0.15) is 5.26 Å². The van der Waals surface area contributed by atoms with E-state index in [0.29, 0.717) is 54.2 Å². The zero-order valence-electron chi connectivity index (χ0n) is 28.7. The Hall–Kier alpha value is -3.48. The van der Waals surface area contributed by atoms with E-state index in [1.807, 2.05) is 32.6 Å². The molecule has 4 aliphatic rings. The molecule has 0 saturated carbocycles. The molecule has 14 heteroatoms. The quantitative estimate of drug-likeness (QED) is 0.133. The Morgan fingerprint density at radius 3 is 2.08 bits per heavy atom. The molecule has 2 saturated heterocycles. The van der Waals surface area contributed by atoms with Gasteiger partial charge in [0.1, 0.15) is 34.9 Å². The Morgan fingerprint density at radius 2 is 1.48 bits per heavy atom. The lowest BCUT2D eigenvalue weighted by Gasteiger charge is -2.47. The molecule has 0 bridgehead atoms. The summed E-state index contributed by atoms with van der Waals surface area (Å²) in [5.74, 6) is 1.33. The fourth-order valence-corrected chi connectivity index (χ4v) is 8.62. The van der Waals surface area contributed by atoms with Gasteiger partial charge in [-0.3, -0.25) is 9.59 Å². The summed E-state index contributed by atoms with van der Waals surface area (Å²) in [6.45, 7) is 17.2. The van der Waals surface area contributed by atoms with Gasteiger partial charge in [0, 0.05) is 37.1 Å². The van der Waals surface area contributed by atoms with Gasteiger partial charge in [0.05, 0.1) is 56.7 Å². The van der Waals surface area contributed by atoms with Crippen LogP contribution in [0.2, 0.25) is 0 Å². The van der Waals surface area contributed by atoms with Crippen molar-refractivity contribution in [1.82, 2.24) is 9.80 Å². The lowest BCUT2D eigenvalue weighted by atomic mass is 9.85. The van der Waals surface area contributed by atoms with Crippen molar-refractivity contribution < 1.29 is 37.6 Å². The maximum Gasteiger partial charge on any atom is 0.277 e. The summed E-state index contributed by atoms with van der Waals surface area (Å²) >= 11 is 6.63. The number of benzene rings is 2. The molecule has 0 aromatic heterocycles. The Kier molecular flexibility index (Phi) is 10.9. The van der Waals surface area contributed by atoms with Crippen LogP contribution in [0.4, 0.5) is 5.69 Å². The van der Waals surface area contributed by atoms with Gasteiger partial charge in [-0.1, -0.05) is 6.07 Å². The van der Waals surface area contributed by atoms with E-state index in [4.69, 9.17) is 45.8 Å². The Morgan fingerprint density at radius 1 is 0.900 bits per heavy atom. The minimum Gasteiger partial charge on any atom is -0.485 e. The molecule has 2 fully saturated rings. The van der Waals surface area contributed by atoms with Gasteiger partial charge < -0.3 is 37.8 Å². The van der Waals surface area contributed by atoms with Gasteiger partial charge >= 0.3 is 0 Å².